The summed E-state index contributed by atoms with van der Waals surface area (Å²) in [6.45, 7) is 9.59. The first-order valence-electron chi connectivity index (χ1n) is 9.71. The number of piperazine rings is 1. The van der Waals surface area contributed by atoms with Crippen LogP contribution in [0.15, 0.2) is 18.2 Å². The average molecular weight is 391 g/mol. The summed E-state index contributed by atoms with van der Waals surface area (Å²) in [6.07, 6.45) is 0.980. The van der Waals surface area contributed by atoms with Crippen LogP contribution in [0.5, 0.6) is 0 Å². The molecule has 2 rings (SSSR count). The van der Waals surface area contributed by atoms with Gasteiger partial charge < -0.3 is 15.1 Å². The number of anilines is 1. The lowest BCUT2D eigenvalue weighted by molar-refractivity contribution is -0.132. The minimum absolute atomic E-state index is 0.0219. The van der Waals surface area contributed by atoms with Crippen LogP contribution in [-0.4, -0.2) is 55.2 Å². The van der Waals surface area contributed by atoms with E-state index in [1.54, 1.807) is 17.0 Å². The summed E-state index contributed by atoms with van der Waals surface area (Å²) in [7, 11) is 0. The van der Waals surface area contributed by atoms with Crippen LogP contribution >= 0.6 is 0 Å². The number of ketones is 1. The van der Waals surface area contributed by atoms with E-state index in [0.717, 1.165) is 0 Å². The van der Waals surface area contributed by atoms with E-state index in [1.165, 1.54) is 13.0 Å². The molecule has 0 atom stereocenters. The van der Waals surface area contributed by atoms with E-state index in [0.29, 0.717) is 56.8 Å². The van der Waals surface area contributed by atoms with Gasteiger partial charge in [0.25, 0.3) is 0 Å². The third-order valence-electron chi connectivity index (χ3n) is 4.86. The Bertz CT molecular complexity index is 735. The van der Waals surface area contributed by atoms with E-state index in [-0.39, 0.29) is 17.6 Å². The summed E-state index contributed by atoms with van der Waals surface area (Å²) in [5.41, 5.74) is 0.383. The van der Waals surface area contributed by atoms with Crippen molar-refractivity contribution in [2.24, 2.45) is 5.41 Å². The minimum atomic E-state index is -0.432. The molecule has 0 unspecified atom stereocenters. The monoisotopic (exact) mass is 391 g/mol. The van der Waals surface area contributed by atoms with Gasteiger partial charge in [-0.3, -0.25) is 14.4 Å². The van der Waals surface area contributed by atoms with E-state index in [2.05, 4.69) is 5.32 Å². The van der Waals surface area contributed by atoms with Gasteiger partial charge in [-0.15, -0.1) is 0 Å². The van der Waals surface area contributed by atoms with Gasteiger partial charge in [-0.25, -0.2) is 4.39 Å². The second-order valence-corrected chi connectivity index (χ2v) is 8.20. The fourth-order valence-corrected chi connectivity index (χ4v) is 3.04. The Kier molecular flexibility index (Phi) is 7.16. The van der Waals surface area contributed by atoms with Crippen molar-refractivity contribution >= 4 is 23.3 Å². The molecule has 1 N–H and O–H groups in total. The lowest BCUT2D eigenvalue weighted by atomic mass is 9.96. The van der Waals surface area contributed by atoms with Gasteiger partial charge in [0.1, 0.15) is 5.82 Å². The normalized spacial score (nSPS) is 14.8. The highest BCUT2D eigenvalue weighted by molar-refractivity contribution is 5.94. The van der Waals surface area contributed by atoms with Crippen molar-refractivity contribution < 1.29 is 18.8 Å². The van der Waals surface area contributed by atoms with Crippen molar-refractivity contribution in [2.45, 2.75) is 40.5 Å². The van der Waals surface area contributed by atoms with Crippen LogP contribution in [0.1, 0.15) is 50.9 Å². The number of nitrogens with one attached hydrogen (secondary N) is 1. The molecule has 1 fully saturated rings. The number of nitrogens with zero attached hydrogens (tertiary/aromatic N) is 2. The Morgan fingerprint density at radius 1 is 1.11 bits per heavy atom. The van der Waals surface area contributed by atoms with Gasteiger partial charge in [-0.2, -0.15) is 0 Å². The van der Waals surface area contributed by atoms with Gasteiger partial charge in [-0.1, -0.05) is 20.8 Å². The highest BCUT2D eigenvalue weighted by Crippen LogP contribution is 2.22. The Labute approximate surface area is 166 Å². The lowest BCUT2D eigenvalue weighted by Crippen LogP contribution is -2.49. The van der Waals surface area contributed by atoms with Crippen molar-refractivity contribution in [3.05, 3.63) is 29.6 Å². The maximum absolute atomic E-state index is 14.3. The number of carbonyl (C=O) groups is 3. The highest BCUT2D eigenvalue weighted by atomic mass is 19.1. The summed E-state index contributed by atoms with van der Waals surface area (Å²) < 4.78 is 14.3. The van der Waals surface area contributed by atoms with Crippen LogP contribution < -0.4 is 10.2 Å². The SMILES string of the molecule is CC(=O)c1ccc(N2CCN(C(=O)CCCNC(=O)C(C)(C)C)CC2)c(F)c1. The van der Waals surface area contributed by atoms with Crippen molar-refractivity contribution in [1.82, 2.24) is 10.2 Å². The maximum atomic E-state index is 14.3. The number of amides is 2. The first-order valence-corrected chi connectivity index (χ1v) is 9.71. The predicted molar refractivity (Wildman–Crippen MR) is 107 cm³/mol. The zero-order valence-electron chi connectivity index (χ0n) is 17.2. The van der Waals surface area contributed by atoms with Crippen molar-refractivity contribution in [1.29, 1.82) is 0 Å². The molecule has 0 spiro atoms. The van der Waals surface area contributed by atoms with Gasteiger partial charge >= 0.3 is 0 Å². The zero-order chi connectivity index (χ0) is 20.9. The van der Waals surface area contributed by atoms with Gasteiger partial charge in [0.05, 0.1) is 5.69 Å². The van der Waals surface area contributed by atoms with E-state index < -0.39 is 11.2 Å². The van der Waals surface area contributed by atoms with Crippen molar-refractivity contribution in [3.63, 3.8) is 0 Å². The Balaban J connectivity index is 1.78. The molecule has 1 aromatic carbocycles. The number of hydrogen-bond donors (Lipinski definition) is 1. The van der Waals surface area contributed by atoms with Crippen LogP contribution in [0.25, 0.3) is 0 Å². The molecule has 1 heterocycles. The van der Waals surface area contributed by atoms with Gasteiger partial charge in [0.2, 0.25) is 11.8 Å². The Morgan fingerprint density at radius 3 is 2.29 bits per heavy atom. The molecular formula is C21H30FN3O3. The van der Waals surface area contributed by atoms with Crippen molar-refractivity contribution in [2.75, 3.05) is 37.6 Å². The predicted octanol–water partition coefficient (Wildman–Crippen LogP) is 2.62. The molecule has 1 aliphatic rings. The summed E-state index contributed by atoms with van der Waals surface area (Å²) >= 11 is 0. The van der Waals surface area contributed by atoms with Crippen LogP contribution in [0.2, 0.25) is 0 Å². The van der Waals surface area contributed by atoms with Gasteiger partial charge in [-0.05, 0) is 31.5 Å². The molecule has 0 bridgehead atoms. The topological polar surface area (TPSA) is 69.7 Å². The largest absolute Gasteiger partial charge is 0.366 e. The summed E-state index contributed by atoms with van der Waals surface area (Å²) in [5.74, 6) is -0.551. The molecule has 1 saturated heterocycles. The molecule has 1 aliphatic heterocycles. The lowest BCUT2D eigenvalue weighted by Gasteiger charge is -2.36. The second-order valence-electron chi connectivity index (χ2n) is 8.20. The second kappa shape index (κ2) is 9.17. The zero-order valence-corrected chi connectivity index (χ0v) is 17.2. The minimum Gasteiger partial charge on any atom is -0.366 e. The molecule has 0 saturated carbocycles. The Morgan fingerprint density at radius 2 is 1.75 bits per heavy atom. The van der Waals surface area contributed by atoms with E-state index in [9.17, 15) is 18.8 Å². The first kappa shape index (κ1) is 21.9. The van der Waals surface area contributed by atoms with Crippen LogP contribution in [0.3, 0.4) is 0 Å². The summed E-state index contributed by atoms with van der Waals surface area (Å²) in [6, 6.07) is 4.52. The number of hydrogen-bond acceptors (Lipinski definition) is 4. The third kappa shape index (κ3) is 5.78. The number of rotatable bonds is 6. The molecule has 28 heavy (non-hydrogen) atoms. The number of Topliss-reactive ketones (excluding diaryl/α,β-unsaturated/α-hetero) is 1. The molecule has 1 aromatic rings. The smallest absolute Gasteiger partial charge is 0.225 e. The van der Waals surface area contributed by atoms with E-state index >= 15 is 0 Å². The summed E-state index contributed by atoms with van der Waals surface area (Å²) in [5, 5.41) is 2.84. The van der Waals surface area contributed by atoms with E-state index in [4.69, 9.17) is 0 Å². The first-order chi connectivity index (χ1) is 13.1. The number of halogens is 1. The molecule has 154 valence electrons. The summed E-state index contributed by atoms with van der Waals surface area (Å²) in [4.78, 5) is 39.2. The molecule has 6 nitrogen and oxygen atoms in total. The fourth-order valence-electron chi connectivity index (χ4n) is 3.04. The van der Waals surface area contributed by atoms with Crippen LogP contribution in [0, 0.1) is 11.2 Å². The molecule has 0 aromatic heterocycles. The maximum Gasteiger partial charge on any atom is 0.225 e. The third-order valence-corrected chi connectivity index (χ3v) is 4.86. The van der Waals surface area contributed by atoms with E-state index in [1.807, 2.05) is 25.7 Å². The molecule has 2 amide bonds. The molecular weight excluding hydrogens is 361 g/mol. The highest BCUT2D eigenvalue weighted by Gasteiger charge is 2.23. The number of benzene rings is 1. The van der Waals surface area contributed by atoms with Gasteiger partial charge in [0.15, 0.2) is 5.78 Å². The van der Waals surface area contributed by atoms with Gasteiger partial charge in [0, 0.05) is 50.1 Å². The Hall–Kier alpha value is -2.44. The average Bonchev–Trinajstić information content (AvgIpc) is 2.64. The number of carbonyl (C=O) groups excluding carboxylic acids is 3. The molecule has 0 aliphatic carbocycles. The molecule has 7 heteroatoms. The van der Waals surface area contributed by atoms with Crippen LogP contribution in [0.4, 0.5) is 10.1 Å². The van der Waals surface area contributed by atoms with Crippen molar-refractivity contribution in [3.8, 4) is 0 Å². The fraction of sp³-hybridized carbons (Fsp3) is 0.571. The quantitative estimate of drug-likeness (QED) is 0.598. The standard InChI is InChI=1S/C21H30FN3O3/c1-15(26)16-7-8-18(17(22)14-16)24-10-12-25(13-11-24)19(27)6-5-9-23-20(28)21(2,3)4/h7-8,14H,5-6,9-13H2,1-4H3,(H,23,28). The van der Waals surface area contributed by atoms with Crippen LogP contribution in [-0.2, 0) is 9.59 Å². The molecule has 0 radical (unpaired) electrons.